The van der Waals surface area contributed by atoms with E-state index in [9.17, 15) is 0 Å². The second-order valence-corrected chi connectivity index (χ2v) is 10.4. The first-order valence-corrected chi connectivity index (χ1v) is 14.3. The van der Waals surface area contributed by atoms with Crippen LogP contribution >= 0.6 is 0 Å². The Balaban J connectivity index is 0.00000312. The molecule has 3 heterocycles. The van der Waals surface area contributed by atoms with Gasteiger partial charge in [-0.05, 0) is 35.4 Å². The van der Waals surface area contributed by atoms with E-state index in [1.165, 1.54) is 0 Å². The van der Waals surface area contributed by atoms with Crippen molar-refractivity contribution in [1.29, 1.82) is 0 Å². The van der Waals surface area contributed by atoms with Crippen LogP contribution in [0.3, 0.4) is 0 Å². The van der Waals surface area contributed by atoms with Crippen LogP contribution in [0.1, 0.15) is 0 Å². The molecular formula is C40H24N2OPt. The third kappa shape index (κ3) is 5.17. The molecule has 0 atom stereocenters. The number of ether oxygens (including phenoxy) is 1. The van der Waals surface area contributed by atoms with Crippen molar-refractivity contribution < 1.29 is 25.8 Å². The fraction of sp³-hybridized carbons (Fsp3) is 0. The molecule has 4 heteroatoms. The molecular weight excluding hydrogens is 720 g/mol. The summed E-state index contributed by atoms with van der Waals surface area (Å²) >= 11 is 0. The topological polar surface area (TPSA) is 35.0 Å². The van der Waals surface area contributed by atoms with E-state index in [0.29, 0.717) is 11.5 Å². The summed E-state index contributed by atoms with van der Waals surface area (Å²) in [5.74, 6) is 1.24. The van der Waals surface area contributed by atoms with E-state index in [-0.39, 0.29) is 21.1 Å². The molecule has 0 amide bonds. The molecule has 0 radical (unpaired) electrons. The Kier molecular flexibility index (Phi) is 7.48. The zero-order valence-corrected chi connectivity index (χ0v) is 25.7. The standard InChI is InChI=1S/C40H24N2O.Pt/c1-3-17-33-31(15-1)27-11-7-13-29(25-27)43-30-14-8-12-28(26-30)32-16-2-4-18-34(32)38-22-10-24-40(42-38)36-20-6-5-19-35(36)39-23-9-21-37(33)41-39;/h1-24H;/q-2;+2. The van der Waals surface area contributed by atoms with Gasteiger partial charge in [0.05, 0.1) is 22.8 Å². The van der Waals surface area contributed by atoms with Crippen molar-refractivity contribution in [3.8, 4) is 78.8 Å². The largest absolute Gasteiger partial charge is 2.00 e. The molecule has 2 aromatic heterocycles. The SMILES string of the molecule is [Pt+2].[c-]1c2cccc1-c1ccccc1-c1cccc(n1)-c1ccccc1-c1cccc(n1)-c1ccccc1-c1[c-]c(ccc1)O2. The van der Waals surface area contributed by atoms with Crippen molar-refractivity contribution in [2.75, 3.05) is 0 Å². The number of pyridine rings is 2. The predicted molar refractivity (Wildman–Crippen MR) is 172 cm³/mol. The van der Waals surface area contributed by atoms with E-state index in [1.807, 2.05) is 48.5 Å². The molecule has 0 saturated heterocycles. The molecule has 210 valence electrons. The maximum Gasteiger partial charge on any atom is 2.00 e. The number of fused-ring (bicyclic) bond motifs is 17. The van der Waals surface area contributed by atoms with Gasteiger partial charge >= 0.3 is 21.1 Å². The number of rotatable bonds is 0. The van der Waals surface area contributed by atoms with Gasteiger partial charge in [-0.2, -0.15) is 0 Å². The molecule has 0 unspecified atom stereocenters. The molecule has 0 N–H and O–H groups in total. The van der Waals surface area contributed by atoms with Crippen LogP contribution in [0.4, 0.5) is 0 Å². The quantitative estimate of drug-likeness (QED) is 0.145. The van der Waals surface area contributed by atoms with Gasteiger partial charge in [0.1, 0.15) is 0 Å². The molecule has 7 aromatic rings. The molecule has 8 bridgehead atoms. The number of nitrogens with zero attached hydrogens (tertiary/aromatic N) is 2. The van der Waals surface area contributed by atoms with Gasteiger partial charge in [0.15, 0.2) is 0 Å². The monoisotopic (exact) mass is 743 g/mol. The first-order chi connectivity index (χ1) is 21.3. The van der Waals surface area contributed by atoms with Crippen molar-refractivity contribution in [1.82, 2.24) is 9.97 Å². The van der Waals surface area contributed by atoms with Crippen LogP contribution in [0.2, 0.25) is 0 Å². The minimum absolute atomic E-state index is 0. The van der Waals surface area contributed by atoms with Gasteiger partial charge in [-0.25, -0.2) is 9.97 Å². The zero-order valence-electron chi connectivity index (χ0n) is 23.5. The fourth-order valence-corrected chi connectivity index (χ4v) is 5.73. The second kappa shape index (κ2) is 11.9. The van der Waals surface area contributed by atoms with Crippen LogP contribution in [0, 0.1) is 12.1 Å². The average Bonchev–Trinajstić information content (AvgIpc) is 3.08. The second-order valence-electron chi connectivity index (χ2n) is 10.4. The molecule has 3 nitrogen and oxygen atoms in total. The van der Waals surface area contributed by atoms with E-state index in [4.69, 9.17) is 14.7 Å². The van der Waals surface area contributed by atoms with E-state index < -0.39 is 0 Å². The molecule has 8 rings (SSSR count). The summed E-state index contributed by atoms with van der Waals surface area (Å²) in [6.45, 7) is 0. The first kappa shape index (κ1) is 27.7. The summed E-state index contributed by atoms with van der Waals surface area (Å²) < 4.78 is 6.34. The molecule has 0 saturated carbocycles. The summed E-state index contributed by atoms with van der Waals surface area (Å²) in [6.07, 6.45) is 0. The van der Waals surface area contributed by atoms with Crippen LogP contribution in [0.25, 0.3) is 67.3 Å². The van der Waals surface area contributed by atoms with Gasteiger partial charge in [0.25, 0.3) is 0 Å². The van der Waals surface area contributed by atoms with Crippen molar-refractivity contribution in [2.24, 2.45) is 0 Å². The van der Waals surface area contributed by atoms with E-state index in [2.05, 4.69) is 109 Å². The summed E-state index contributed by atoms with van der Waals surface area (Å²) in [7, 11) is 0. The van der Waals surface area contributed by atoms with Crippen LogP contribution in [-0.2, 0) is 21.1 Å². The Labute approximate surface area is 271 Å². The number of benzene rings is 5. The van der Waals surface area contributed by atoms with Gasteiger partial charge < -0.3 is 4.74 Å². The van der Waals surface area contributed by atoms with Crippen LogP contribution in [0.15, 0.2) is 146 Å². The molecule has 44 heavy (non-hydrogen) atoms. The van der Waals surface area contributed by atoms with E-state index in [0.717, 1.165) is 67.3 Å². The van der Waals surface area contributed by atoms with Crippen molar-refractivity contribution in [2.45, 2.75) is 0 Å². The third-order valence-electron chi connectivity index (χ3n) is 7.72. The predicted octanol–water partition coefficient (Wildman–Crippen LogP) is 10.2. The Morgan fingerprint density at radius 2 is 0.659 bits per heavy atom. The van der Waals surface area contributed by atoms with Crippen LogP contribution in [0.5, 0.6) is 11.5 Å². The number of hydrogen-bond donors (Lipinski definition) is 0. The van der Waals surface area contributed by atoms with E-state index >= 15 is 0 Å². The first-order valence-electron chi connectivity index (χ1n) is 14.3. The number of aromatic nitrogens is 2. The average molecular weight is 744 g/mol. The van der Waals surface area contributed by atoms with Gasteiger partial charge in [-0.1, -0.05) is 108 Å². The molecule has 1 aliphatic rings. The minimum atomic E-state index is 0. The molecule has 0 aliphatic carbocycles. The molecule has 1 aliphatic heterocycles. The summed E-state index contributed by atoms with van der Waals surface area (Å²) in [4.78, 5) is 10.4. The maximum absolute atomic E-state index is 6.34. The van der Waals surface area contributed by atoms with Gasteiger partial charge in [-0.15, -0.1) is 47.5 Å². The van der Waals surface area contributed by atoms with Crippen LogP contribution in [-0.4, -0.2) is 9.97 Å². The molecule has 0 spiro atoms. The van der Waals surface area contributed by atoms with Gasteiger partial charge in [-0.3, -0.25) is 0 Å². The number of hydrogen-bond acceptors (Lipinski definition) is 3. The molecule has 5 aromatic carbocycles. The van der Waals surface area contributed by atoms with Crippen molar-refractivity contribution in [3.05, 3.63) is 158 Å². The zero-order chi connectivity index (χ0) is 28.6. The van der Waals surface area contributed by atoms with Crippen molar-refractivity contribution >= 4 is 0 Å². The molecule has 0 fully saturated rings. The Morgan fingerprint density at radius 1 is 0.341 bits per heavy atom. The van der Waals surface area contributed by atoms with Gasteiger partial charge in [0, 0.05) is 22.6 Å². The Bertz CT molecular complexity index is 1990. The van der Waals surface area contributed by atoms with Crippen molar-refractivity contribution in [3.63, 3.8) is 0 Å². The Hall–Kier alpha value is -5.11. The van der Waals surface area contributed by atoms with Crippen LogP contribution < -0.4 is 4.74 Å². The Morgan fingerprint density at radius 3 is 1.05 bits per heavy atom. The van der Waals surface area contributed by atoms with E-state index in [1.54, 1.807) is 0 Å². The normalized spacial score (nSPS) is 11.2. The minimum Gasteiger partial charge on any atom is -0.497 e. The van der Waals surface area contributed by atoms with Gasteiger partial charge in [0.2, 0.25) is 0 Å². The summed E-state index contributed by atoms with van der Waals surface area (Å²) in [5.41, 5.74) is 11.6. The fourth-order valence-electron chi connectivity index (χ4n) is 5.73. The maximum atomic E-state index is 6.34. The smallest absolute Gasteiger partial charge is 0.497 e. The summed E-state index contributed by atoms with van der Waals surface area (Å²) in [6, 6.07) is 56.3. The summed E-state index contributed by atoms with van der Waals surface area (Å²) in [5, 5.41) is 0. The third-order valence-corrected chi connectivity index (χ3v) is 7.72.